The van der Waals surface area contributed by atoms with E-state index in [9.17, 15) is 9.59 Å². The number of amides is 3. The summed E-state index contributed by atoms with van der Waals surface area (Å²) >= 11 is 0. The van der Waals surface area contributed by atoms with Crippen LogP contribution in [0.2, 0.25) is 0 Å². The van der Waals surface area contributed by atoms with Gasteiger partial charge in [-0.05, 0) is 48.2 Å². The van der Waals surface area contributed by atoms with Gasteiger partial charge < -0.3 is 14.8 Å². The number of aromatic nitrogens is 2. The summed E-state index contributed by atoms with van der Waals surface area (Å²) in [6.45, 7) is 2.90. The number of pyridine rings is 1. The Bertz CT molecular complexity index is 1040. The highest BCUT2D eigenvalue weighted by molar-refractivity contribution is 5.92. The van der Waals surface area contributed by atoms with E-state index in [0.717, 1.165) is 22.2 Å². The smallest absolute Gasteiger partial charge is 0.320 e. The monoisotopic (exact) mass is 391 g/mol. The fraction of sp³-hybridized carbons (Fsp3) is 0.227. The van der Waals surface area contributed by atoms with Crippen LogP contribution < -0.4 is 10.6 Å². The van der Waals surface area contributed by atoms with Crippen LogP contribution in [0.25, 0.3) is 17.0 Å². The molecule has 150 valence electrons. The predicted octanol–water partition coefficient (Wildman–Crippen LogP) is 3.39. The quantitative estimate of drug-likeness (QED) is 0.632. The summed E-state index contributed by atoms with van der Waals surface area (Å²) in [4.78, 5) is 29.8. The number of para-hydroxylation sites is 1. The Morgan fingerprint density at radius 2 is 2.00 bits per heavy atom. The van der Waals surface area contributed by atoms with Crippen molar-refractivity contribution in [3.63, 3.8) is 0 Å². The van der Waals surface area contributed by atoms with Gasteiger partial charge in [-0.15, -0.1) is 0 Å². The number of fused-ring (bicyclic) bond motifs is 1. The van der Waals surface area contributed by atoms with E-state index in [0.29, 0.717) is 18.9 Å². The molecule has 0 unspecified atom stereocenters. The third kappa shape index (κ3) is 5.01. The molecule has 0 bridgehead atoms. The van der Waals surface area contributed by atoms with Gasteiger partial charge >= 0.3 is 6.03 Å². The fourth-order valence-corrected chi connectivity index (χ4v) is 3.01. The third-order valence-corrected chi connectivity index (χ3v) is 4.61. The highest BCUT2D eigenvalue weighted by Crippen LogP contribution is 2.19. The average molecular weight is 391 g/mol. The summed E-state index contributed by atoms with van der Waals surface area (Å²) < 4.78 is 2.10. The summed E-state index contributed by atoms with van der Waals surface area (Å²) in [5.41, 5.74) is 2.99. The summed E-state index contributed by atoms with van der Waals surface area (Å²) in [7, 11) is 3.79. The molecule has 0 aliphatic carbocycles. The molecular weight excluding hydrogens is 366 g/mol. The molecule has 0 atom stereocenters. The van der Waals surface area contributed by atoms with Crippen molar-refractivity contribution in [3.05, 3.63) is 66.0 Å². The zero-order valence-corrected chi connectivity index (χ0v) is 16.8. The van der Waals surface area contributed by atoms with Crippen LogP contribution in [0.4, 0.5) is 10.6 Å². The molecule has 0 aliphatic heterocycles. The first-order valence-corrected chi connectivity index (χ1v) is 9.45. The minimum Gasteiger partial charge on any atom is -0.346 e. The lowest BCUT2D eigenvalue weighted by molar-refractivity contribution is -0.125. The highest BCUT2D eigenvalue weighted by Gasteiger charge is 2.11. The van der Waals surface area contributed by atoms with Gasteiger partial charge in [0.2, 0.25) is 5.91 Å². The van der Waals surface area contributed by atoms with E-state index < -0.39 is 0 Å². The van der Waals surface area contributed by atoms with Crippen LogP contribution in [0.3, 0.4) is 0 Å². The van der Waals surface area contributed by atoms with Crippen molar-refractivity contribution in [2.24, 2.45) is 7.05 Å². The Hall–Kier alpha value is -3.61. The molecule has 0 fully saturated rings. The number of carbonyl (C=O) groups excluding carboxylic acids is 2. The molecule has 2 aromatic heterocycles. The first kappa shape index (κ1) is 20.1. The predicted molar refractivity (Wildman–Crippen MR) is 115 cm³/mol. The van der Waals surface area contributed by atoms with Crippen LogP contribution >= 0.6 is 0 Å². The Balaban J connectivity index is 1.60. The zero-order valence-electron chi connectivity index (χ0n) is 16.8. The van der Waals surface area contributed by atoms with Crippen LogP contribution in [0.1, 0.15) is 18.2 Å². The SMILES string of the molecule is CCNC(=O)Nc1ccc(C=CC(=O)N(C)Cc2cc3ccccc3n2C)cn1. The lowest BCUT2D eigenvalue weighted by Crippen LogP contribution is -2.28. The first-order chi connectivity index (χ1) is 14.0. The molecule has 0 radical (unpaired) electrons. The number of urea groups is 1. The molecule has 3 rings (SSSR count). The van der Waals surface area contributed by atoms with Crippen LogP contribution in [0.15, 0.2) is 54.7 Å². The molecule has 2 heterocycles. The van der Waals surface area contributed by atoms with E-state index >= 15 is 0 Å². The molecule has 0 saturated carbocycles. The Labute approximate surface area is 170 Å². The van der Waals surface area contributed by atoms with Gasteiger partial charge in [0.05, 0.1) is 6.54 Å². The van der Waals surface area contributed by atoms with Crippen molar-refractivity contribution in [2.45, 2.75) is 13.5 Å². The van der Waals surface area contributed by atoms with Gasteiger partial charge in [0, 0.05) is 44.1 Å². The summed E-state index contributed by atoms with van der Waals surface area (Å²) in [5.74, 6) is 0.354. The molecule has 0 spiro atoms. The molecule has 2 N–H and O–H groups in total. The molecule has 0 saturated heterocycles. The van der Waals surface area contributed by atoms with Gasteiger partial charge in [0.1, 0.15) is 5.82 Å². The van der Waals surface area contributed by atoms with Crippen LogP contribution in [-0.4, -0.2) is 40.0 Å². The number of anilines is 1. The number of aryl methyl sites for hydroxylation is 1. The molecule has 3 amide bonds. The van der Waals surface area contributed by atoms with Crippen molar-refractivity contribution >= 4 is 34.7 Å². The second-order valence-corrected chi connectivity index (χ2v) is 6.74. The lowest BCUT2D eigenvalue weighted by atomic mass is 10.2. The van der Waals surface area contributed by atoms with E-state index in [1.807, 2.05) is 26.1 Å². The average Bonchev–Trinajstić information content (AvgIpc) is 3.03. The lowest BCUT2D eigenvalue weighted by Gasteiger charge is -2.15. The second-order valence-electron chi connectivity index (χ2n) is 6.74. The number of nitrogens with one attached hydrogen (secondary N) is 2. The second kappa shape index (κ2) is 9.05. The number of likely N-dealkylation sites (N-methyl/N-ethyl adjacent to an activating group) is 1. The Morgan fingerprint density at radius 3 is 2.69 bits per heavy atom. The van der Waals surface area contributed by atoms with Crippen molar-refractivity contribution in [3.8, 4) is 0 Å². The summed E-state index contributed by atoms with van der Waals surface area (Å²) in [5, 5.41) is 6.43. The first-order valence-electron chi connectivity index (χ1n) is 9.45. The molecule has 1 aromatic carbocycles. The van der Waals surface area contributed by atoms with E-state index in [1.165, 1.54) is 6.08 Å². The van der Waals surface area contributed by atoms with Crippen molar-refractivity contribution < 1.29 is 9.59 Å². The van der Waals surface area contributed by atoms with Gasteiger partial charge in [-0.2, -0.15) is 0 Å². The maximum atomic E-state index is 12.5. The van der Waals surface area contributed by atoms with E-state index in [-0.39, 0.29) is 11.9 Å². The number of rotatable bonds is 6. The summed E-state index contributed by atoms with van der Waals surface area (Å²) in [6.07, 6.45) is 4.84. The molecule has 7 nitrogen and oxygen atoms in total. The van der Waals surface area contributed by atoms with Crippen LogP contribution in [0, 0.1) is 0 Å². The normalized spacial score (nSPS) is 11.0. The Morgan fingerprint density at radius 1 is 1.21 bits per heavy atom. The molecule has 7 heteroatoms. The van der Waals surface area contributed by atoms with Gasteiger partial charge in [-0.25, -0.2) is 9.78 Å². The topological polar surface area (TPSA) is 79.3 Å². The van der Waals surface area contributed by atoms with Gasteiger partial charge in [0.15, 0.2) is 0 Å². The van der Waals surface area contributed by atoms with E-state index in [2.05, 4.69) is 38.4 Å². The molecule has 3 aromatic rings. The Kier molecular flexibility index (Phi) is 6.29. The van der Waals surface area contributed by atoms with Gasteiger partial charge in [-0.3, -0.25) is 10.1 Å². The zero-order chi connectivity index (χ0) is 20.8. The maximum absolute atomic E-state index is 12.5. The molecule has 0 aliphatic rings. The van der Waals surface area contributed by atoms with Crippen LogP contribution in [0.5, 0.6) is 0 Å². The van der Waals surface area contributed by atoms with Crippen molar-refractivity contribution in [1.82, 2.24) is 19.8 Å². The maximum Gasteiger partial charge on any atom is 0.320 e. The van der Waals surface area contributed by atoms with Gasteiger partial charge in [-0.1, -0.05) is 18.2 Å². The number of nitrogens with zero attached hydrogens (tertiary/aromatic N) is 3. The van der Waals surface area contributed by atoms with Crippen molar-refractivity contribution in [1.29, 1.82) is 0 Å². The van der Waals surface area contributed by atoms with E-state index in [4.69, 9.17) is 0 Å². The van der Waals surface area contributed by atoms with Crippen molar-refractivity contribution in [2.75, 3.05) is 18.9 Å². The summed E-state index contributed by atoms with van der Waals surface area (Å²) in [6, 6.07) is 13.4. The standard InChI is InChI=1S/C22H25N5O2/c1-4-23-22(29)25-20-11-9-16(14-24-20)10-12-21(28)26(2)15-18-13-17-7-5-6-8-19(17)27(18)3/h5-14H,4,15H2,1-3H3,(H2,23,24,25,29). The van der Waals surface area contributed by atoms with E-state index in [1.54, 1.807) is 36.4 Å². The van der Waals surface area contributed by atoms with Crippen LogP contribution in [-0.2, 0) is 18.4 Å². The largest absolute Gasteiger partial charge is 0.346 e. The number of carbonyl (C=O) groups is 2. The third-order valence-electron chi connectivity index (χ3n) is 4.61. The van der Waals surface area contributed by atoms with Gasteiger partial charge in [0.25, 0.3) is 0 Å². The molecular formula is C22H25N5O2. The molecule has 29 heavy (non-hydrogen) atoms. The minimum absolute atomic E-state index is 0.0974. The number of hydrogen-bond donors (Lipinski definition) is 2. The number of hydrogen-bond acceptors (Lipinski definition) is 3. The fourth-order valence-electron chi connectivity index (χ4n) is 3.01. The minimum atomic E-state index is -0.298. The number of benzene rings is 1. The highest BCUT2D eigenvalue weighted by atomic mass is 16.2.